The highest BCUT2D eigenvalue weighted by Gasteiger charge is 2.29. The van der Waals surface area contributed by atoms with Gasteiger partial charge in [0.15, 0.2) is 0 Å². The molecule has 27 heavy (non-hydrogen) atoms. The number of carbonyl (C=O) groups is 2. The normalized spacial score (nSPS) is 15.9. The molecule has 2 N–H and O–H groups in total. The van der Waals surface area contributed by atoms with E-state index in [1.54, 1.807) is 29.2 Å². The lowest BCUT2D eigenvalue weighted by molar-refractivity contribution is -0.134. The van der Waals surface area contributed by atoms with E-state index >= 15 is 0 Å². The summed E-state index contributed by atoms with van der Waals surface area (Å²) in [7, 11) is 2.03. The maximum atomic E-state index is 13.1. The van der Waals surface area contributed by atoms with E-state index in [4.69, 9.17) is 11.6 Å². The van der Waals surface area contributed by atoms with Gasteiger partial charge in [-0.1, -0.05) is 48.0 Å². The molecule has 0 spiro atoms. The van der Waals surface area contributed by atoms with Crippen molar-refractivity contribution in [3.05, 3.63) is 65.2 Å². The number of likely N-dealkylation sites (N-methyl/N-ethyl adjacent to an activating group) is 1. The molecule has 7 heteroatoms. The molecule has 142 valence electrons. The molecule has 2 aromatic rings. The second kappa shape index (κ2) is 8.88. The van der Waals surface area contributed by atoms with Crippen molar-refractivity contribution in [3.63, 3.8) is 0 Å². The number of piperazine rings is 1. The Bertz CT molecular complexity index is 792. The minimum Gasteiger partial charge on any atom is -0.338 e. The zero-order chi connectivity index (χ0) is 19.2. The van der Waals surface area contributed by atoms with Crippen molar-refractivity contribution in [3.8, 4) is 0 Å². The van der Waals surface area contributed by atoms with Crippen molar-refractivity contribution in [1.29, 1.82) is 0 Å². The second-order valence-electron chi connectivity index (χ2n) is 6.58. The van der Waals surface area contributed by atoms with Crippen LogP contribution in [0.1, 0.15) is 11.6 Å². The van der Waals surface area contributed by atoms with Crippen LogP contribution in [0.2, 0.25) is 5.02 Å². The molecule has 1 heterocycles. The number of benzene rings is 2. The molecule has 1 aliphatic heterocycles. The Morgan fingerprint density at radius 1 is 1.00 bits per heavy atom. The van der Waals surface area contributed by atoms with Crippen LogP contribution in [0, 0.1) is 0 Å². The van der Waals surface area contributed by atoms with E-state index in [2.05, 4.69) is 15.5 Å². The van der Waals surface area contributed by atoms with Crippen LogP contribution in [0.4, 0.5) is 10.5 Å². The summed E-state index contributed by atoms with van der Waals surface area (Å²) in [6.45, 7) is 2.94. The van der Waals surface area contributed by atoms with E-state index in [1.807, 2.05) is 37.4 Å². The number of hydrogen-bond acceptors (Lipinski definition) is 3. The van der Waals surface area contributed by atoms with Crippen molar-refractivity contribution >= 4 is 29.2 Å². The van der Waals surface area contributed by atoms with Crippen LogP contribution in [0.5, 0.6) is 0 Å². The highest BCUT2D eigenvalue weighted by molar-refractivity contribution is 6.30. The molecule has 6 nitrogen and oxygen atoms in total. The van der Waals surface area contributed by atoms with Gasteiger partial charge in [0, 0.05) is 36.9 Å². The van der Waals surface area contributed by atoms with E-state index in [1.165, 1.54) is 0 Å². The zero-order valence-electron chi connectivity index (χ0n) is 15.2. The molecule has 1 aliphatic rings. The number of urea groups is 1. The largest absolute Gasteiger partial charge is 0.338 e. The van der Waals surface area contributed by atoms with Crippen molar-refractivity contribution in [1.82, 2.24) is 15.1 Å². The maximum absolute atomic E-state index is 13.1. The minimum absolute atomic E-state index is 0.101. The molecule has 1 saturated heterocycles. The lowest BCUT2D eigenvalue weighted by Crippen LogP contribution is -2.51. The van der Waals surface area contributed by atoms with Crippen LogP contribution >= 0.6 is 11.6 Å². The van der Waals surface area contributed by atoms with Crippen molar-refractivity contribution < 1.29 is 9.59 Å². The van der Waals surface area contributed by atoms with E-state index in [0.29, 0.717) is 23.8 Å². The first kappa shape index (κ1) is 19.2. The fourth-order valence-electron chi connectivity index (χ4n) is 3.01. The maximum Gasteiger partial charge on any atom is 0.320 e. The summed E-state index contributed by atoms with van der Waals surface area (Å²) < 4.78 is 0. The number of nitrogens with zero attached hydrogens (tertiary/aromatic N) is 2. The number of carbonyl (C=O) groups excluding carboxylic acids is 2. The third-order valence-corrected chi connectivity index (χ3v) is 4.79. The summed E-state index contributed by atoms with van der Waals surface area (Å²) in [5.41, 5.74) is 1.32. The SMILES string of the molecule is CN1CCN(C(=O)[C@@H](NC(=O)Nc2cccc(Cl)c2)c2ccccc2)CC1. The first-order chi connectivity index (χ1) is 13.0. The first-order valence-corrected chi connectivity index (χ1v) is 9.26. The molecular weight excluding hydrogens is 364 g/mol. The van der Waals surface area contributed by atoms with Gasteiger partial charge in [0.25, 0.3) is 0 Å². The van der Waals surface area contributed by atoms with Crippen LogP contribution in [0.15, 0.2) is 54.6 Å². The minimum atomic E-state index is -0.742. The van der Waals surface area contributed by atoms with Gasteiger partial charge in [-0.2, -0.15) is 0 Å². The molecule has 1 fully saturated rings. The van der Waals surface area contributed by atoms with Gasteiger partial charge in [0.05, 0.1) is 0 Å². The summed E-state index contributed by atoms with van der Waals surface area (Å²) in [5.74, 6) is -0.101. The van der Waals surface area contributed by atoms with Crippen molar-refractivity contribution in [2.24, 2.45) is 0 Å². The molecule has 0 aliphatic carbocycles. The van der Waals surface area contributed by atoms with Gasteiger partial charge in [-0.3, -0.25) is 4.79 Å². The molecule has 3 amide bonds. The predicted molar refractivity (Wildman–Crippen MR) is 107 cm³/mol. The standard InChI is InChI=1S/C20H23ClN4O2/c1-24-10-12-25(13-11-24)19(26)18(15-6-3-2-4-7-15)23-20(27)22-17-9-5-8-16(21)14-17/h2-9,14,18H,10-13H2,1H3,(H2,22,23,27)/t18-/m0/s1. The molecule has 0 radical (unpaired) electrons. The highest BCUT2D eigenvalue weighted by atomic mass is 35.5. The Morgan fingerprint density at radius 3 is 2.37 bits per heavy atom. The topological polar surface area (TPSA) is 64.7 Å². The predicted octanol–water partition coefficient (Wildman–Crippen LogP) is 2.98. The van der Waals surface area contributed by atoms with Gasteiger partial charge < -0.3 is 20.4 Å². The van der Waals surface area contributed by atoms with Crippen LogP contribution in [0.3, 0.4) is 0 Å². The summed E-state index contributed by atoms with van der Waals surface area (Å²) in [5, 5.41) is 6.07. The lowest BCUT2D eigenvalue weighted by atomic mass is 10.1. The van der Waals surface area contributed by atoms with Gasteiger partial charge >= 0.3 is 6.03 Å². The smallest absolute Gasteiger partial charge is 0.320 e. The van der Waals surface area contributed by atoms with Gasteiger partial charge in [0.2, 0.25) is 5.91 Å². The third-order valence-electron chi connectivity index (χ3n) is 4.55. The van der Waals surface area contributed by atoms with Gasteiger partial charge in [-0.15, -0.1) is 0 Å². The molecular formula is C20H23ClN4O2. The fraction of sp³-hybridized carbons (Fsp3) is 0.300. The van der Waals surface area contributed by atoms with Crippen molar-refractivity contribution in [2.45, 2.75) is 6.04 Å². The fourth-order valence-corrected chi connectivity index (χ4v) is 3.20. The molecule has 0 saturated carbocycles. The summed E-state index contributed by atoms with van der Waals surface area (Å²) in [4.78, 5) is 29.6. The Labute approximate surface area is 164 Å². The Kier molecular flexibility index (Phi) is 6.32. The number of hydrogen-bond donors (Lipinski definition) is 2. The average molecular weight is 387 g/mol. The molecule has 0 unspecified atom stereocenters. The molecule has 0 bridgehead atoms. The summed E-state index contributed by atoms with van der Waals surface area (Å²) in [6, 6.07) is 15.0. The van der Waals surface area contributed by atoms with Crippen molar-refractivity contribution in [2.75, 3.05) is 38.5 Å². The lowest BCUT2D eigenvalue weighted by Gasteiger charge is -2.34. The molecule has 0 aromatic heterocycles. The number of nitrogens with one attached hydrogen (secondary N) is 2. The van der Waals surface area contributed by atoms with E-state index in [-0.39, 0.29) is 5.91 Å². The second-order valence-corrected chi connectivity index (χ2v) is 7.02. The first-order valence-electron chi connectivity index (χ1n) is 8.88. The number of anilines is 1. The van der Waals surface area contributed by atoms with Gasteiger partial charge in [-0.05, 0) is 30.8 Å². The third kappa shape index (κ3) is 5.21. The average Bonchev–Trinajstić information content (AvgIpc) is 2.67. The van der Waals surface area contributed by atoms with Crippen LogP contribution < -0.4 is 10.6 Å². The van der Waals surface area contributed by atoms with Crippen LogP contribution in [-0.2, 0) is 4.79 Å². The van der Waals surface area contributed by atoms with Gasteiger partial charge in [-0.25, -0.2) is 4.79 Å². The molecule has 3 rings (SSSR count). The monoisotopic (exact) mass is 386 g/mol. The zero-order valence-corrected chi connectivity index (χ0v) is 15.9. The molecule has 2 aromatic carbocycles. The number of amides is 3. The van der Waals surface area contributed by atoms with E-state index in [9.17, 15) is 9.59 Å². The Morgan fingerprint density at radius 2 is 1.70 bits per heavy atom. The molecule has 1 atom stereocenters. The Hall–Kier alpha value is -2.57. The highest BCUT2D eigenvalue weighted by Crippen LogP contribution is 2.19. The Balaban J connectivity index is 1.74. The van der Waals surface area contributed by atoms with Crippen LogP contribution in [-0.4, -0.2) is 55.0 Å². The van der Waals surface area contributed by atoms with E-state index < -0.39 is 12.1 Å². The number of rotatable bonds is 4. The quantitative estimate of drug-likeness (QED) is 0.849. The summed E-state index contributed by atoms with van der Waals surface area (Å²) in [6.07, 6.45) is 0. The van der Waals surface area contributed by atoms with Gasteiger partial charge in [0.1, 0.15) is 6.04 Å². The number of halogens is 1. The summed E-state index contributed by atoms with van der Waals surface area (Å²) >= 11 is 5.96. The van der Waals surface area contributed by atoms with Crippen LogP contribution in [0.25, 0.3) is 0 Å². The van der Waals surface area contributed by atoms with E-state index in [0.717, 1.165) is 18.7 Å².